The number of pyridine rings is 1. The first kappa shape index (κ1) is 26.0. The maximum Gasteiger partial charge on any atom is 0.240 e. The molecule has 0 spiro atoms. The number of sulfonamides is 1. The first-order valence-electron chi connectivity index (χ1n) is 12.3. The number of amides is 1. The molecule has 4 rings (SSSR count). The Hall–Kier alpha value is -3.07. The smallest absolute Gasteiger partial charge is 0.240 e. The number of rotatable bonds is 8. The van der Waals surface area contributed by atoms with Gasteiger partial charge in [-0.05, 0) is 80.5 Å². The van der Waals surface area contributed by atoms with E-state index in [1.54, 1.807) is 37.4 Å². The molecule has 1 fully saturated rings. The lowest BCUT2D eigenvalue weighted by atomic mass is 9.85. The zero-order chi connectivity index (χ0) is 25.7. The largest absolute Gasteiger partial charge is 0.391 e. The second-order valence-electron chi connectivity index (χ2n) is 9.52. The quantitative estimate of drug-likeness (QED) is 0.425. The van der Waals surface area contributed by atoms with Crippen LogP contribution in [-0.4, -0.2) is 36.6 Å². The highest BCUT2D eigenvalue weighted by Gasteiger charge is 2.31. The van der Waals surface area contributed by atoms with Gasteiger partial charge < -0.3 is 10.4 Å². The minimum absolute atomic E-state index is 0.104. The predicted octanol–water partition coefficient (Wildman–Crippen LogP) is 4.13. The number of aliphatic hydroxyl groups excluding tert-OH is 1. The van der Waals surface area contributed by atoms with Crippen LogP contribution in [0.25, 0.3) is 11.1 Å². The molecule has 0 bridgehead atoms. The van der Waals surface area contributed by atoms with E-state index >= 15 is 0 Å². The van der Waals surface area contributed by atoms with Gasteiger partial charge in [-0.3, -0.25) is 9.78 Å². The van der Waals surface area contributed by atoms with Gasteiger partial charge in [0.2, 0.25) is 15.9 Å². The average Bonchev–Trinajstić information content (AvgIpc) is 2.88. The molecule has 1 aliphatic carbocycles. The van der Waals surface area contributed by atoms with E-state index in [1.165, 1.54) is 0 Å². The van der Waals surface area contributed by atoms with Crippen molar-refractivity contribution in [1.82, 2.24) is 15.0 Å². The maximum atomic E-state index is 13.0. The molecular weight excluding hydrogens is 474 g/mol. The first-order valence-corrected chi connectivity index (χ1v) is 13.8. The van der Waals surface area contributed by atoms with E-state index in [0.29, 0.717) is 25.7 Å². The molecule has 0 aliphatic heterocycles. The van der Waals surface area contributed by atoms with Gasteiger partial charge in [-0.15, -0.1) is 0 Å². The number of aromatic nitrogens is 1. The van der Waals surface area contributed by atoms with Gasteiger partial charge >= 0.3 is 0 Å². The number of hydrogen-bond donors (Lipinski definition) is 3. The van der Waals surface area contributed by atoms with Crippen molar-refractivity contribution in [3.8, 4) is 11.1 Å². The van der Waals surface area contributed by atoms with Crippen molar-refractivity contribution >= 4 is 15.9 Å². The van der Waals surface area contributed by atoms with Crippen LogP contribution in [0, 0.1) is 12.8 Å². The SMILES string of the molecule is Cc1cc(-c2ccc(S(=O)(=O)N[C@H]3CC[C@H](C(=O)N[C@@H](c4ccccc4)[C@@H](C)O)CC3)cc2)ccn1. The zero-order valence-corrected chi connectivity index (χ0v) is 21.4. The molecule has 1 aromatic heterocycles. The summed E-state index contributed by atoms with van der Waals surface area (Å²) in [6.45, 7) is 3.58. The minimum Gasteiger partial charge on any atom is -0.391 e. The van der Waals surface area contributed by atoms with Crippen LogP contribution in [0.15, 0.2) is 77.8 Å². The van der Waals surface area contributed by atoms with Gasteiger partial charge in [-0.25, -0.2) is 13.1 Å². The van der Waals surface area contributed by atoms with Gasteiger partial charge in [-0.2, -0.15) is 0 Å². The van der Waals surface area contributed by atoms with E-state index in [4.69, 9.17) is 0 Å². The van der Waals surface area contributed by atoms with Crippen molar-refractivity contribution in [2.24, 2.45) is 5.92 Å². The zero-order valence-electron chi connectivity index (χ0n) is 20.6. The molecule has 36 heavy (non-hydrogen) atoms. The van der Waals surface area contributed by atoms with Crippen LogP contribution in [-0.2, 0) is 14.8 Å². The molecule has 3 aromatic rings. The molecule has 0 saturated heterocycles. The Morgan fingerprint density at radius 2 is 1.64 bits per heavy atom. The van der Waals surface area contributed by atoms with Crippen molar-refractivity contribution in [3.63, 3.8) is 0 Å². The van der Waals surface area contributed by atoms with E-state index in [1.807, 2.05) is 49.4 Å². The molecule has 1 aliphatic rings. The molecule has 0 radical (unpaired) electrons. The van der Waals surface area contributed by atoms with E-state index in [-0.39, 0.29) is 22.8 Å². The van der Waals surface area contributed by atoms with Crippen molar-refractivity contribution in [2.45, 2.75) is 62.6 Å². The third-order valence-corrected chi connectivity index (χ3v) is 8.29. The summed E-state index contributed by atoms with van der Waals surface area (Å²) in [5.41, 5.74) is 3.67. The predicted molar refractivity (Wildman–Crippen MR) is 139 cm³/mol. The van der Waals surface area contributed by atoms with Gasteiger partial charge in [0.15, 0.2) is 0 Å². The molecule has 7 nitrogen and oxygen atoms in total. The average molecular weight is 508 g/mol. The summed E-state index contributed by atoms with van der Waals surface area (Å²) in [6, 6.07) is 19.4. The van der Waals surface area contributed by atoms with Gasteiger partial charge in [0.25, 0.3) is 0 Å². The molecule has 1 amide bonds. The lowest BCUT2D eigenvalue weighted by Gasteiger charge is -2.30. The van der Waals surface area contributed by atoms with Crippen molar-refractivity contribution in [1.29, 1.82) is 0 Å². The Balaban J connectivity index is 1.33. The first-order chi connectivity index (χ1) is 17.2. The summed E-state index contributed by atoms with van der Waals surface area (Å²) >= 11 is 0. The number of benzene rings is 2. The fourth-order valence-electron chi connectivity index (χ4n) is 4.73. The molecule has 3 N–H and O–H groups in total. The summed E-state index contributed by atoms with van der Waals surface area (Å²) < 4.78 is 28.7. The van der Waals surface area contributed by atoms with Gasteiger partial charge in [-0.1, -0.05) is 42.5 Å². The highest BCUT2D eigenvalue weighted by molar-refractivity contribution is 7.89. The lowest BCUT2D eigenvalue weighted by molar-refractivity contribution is -0.127. The standard InChI is InChI=1S/C28H33N3O4S/c1-19-18-24(16-17-29-19)21-10-14-26(15-11-21)36(34,35)31-25-12-8-23(9-13-25)28(33)30-27(20(2)32)22-6-4-3-5-7-22/h3-7,10-11,14-18,20,23,25,27,31-32H,8-9,12-13H2,1-2H3,(H,30,33)/t20-,23-,25-,27-/m1/s1. The Morgan fingerprint density at radius 3 is 2.25 bits per heavy atom. The van der Waals surface area contributed by atoms with Crippen molar-refractivity contribution < 1.29 is 18.3 Å². The van der Waals surface area contributed by atoms with Crippen molar-refractivity contribution in [3.05, 3.63) is 84.2 Å². The van der Waals surface area contributed by atoms with Crippen LogP contribution >= 0.6 is 0 Å². The van der Waals surface area contributed by atoms with Crippen LogP contribution < -0.4 is 10.0 Å². The minimum atomic E-state index is -3.67. The summed E-state index contributed by atoms with van der Waals surface area (Å²) in [5.74, 6) is -0.313. The fraction of sp³-hybridized carbons (Fsp3) is 0.357. The Kier molecular flexibility index (Phi) is 8.18. The molecule has 2 aromatic carbocycles. The number of nitrogens with one attached hydrogen (secondary N) is 2. The summed E-state index contributed by atoms with van der Waals surface area (Å²) in [7, 11) is -3.67. The lowest BCUT2D eigenvalue weighted by Crippen LogP contribution is -2.43. The third-order valence-electron chi connectivity index (χ3n) is 6.75. The Morgan fingerprint density at radius 1 is 0.972 bits per heavy atom. The summed E-state index contributed by atoms with van der Waals surface area (Å²) in [5, 5.41) is 13.2. The van der Waals surface area contributed by atoms with Gasteiger partial charge in [0, 0.05) is 23.9 Å². The third kappa shape index (κ3) is 6.37. The highest BCUT2D eigenvalue weighted by Crippen LogP contribution is 2.28. The highest BCUT2D eigenvalue weighted by atomic mass is 32.2. The van der Waals surface area contributed by atoms with Crippen LogP contribution in [0.2, 0.25) is 0 Å². The molecule has 190 valence electrons. The second kappa shape index (κ2) is 11.3. The number of carbonyl (C=O) groups excluding carboxylic acids is 1. The topological polar surface area (TPSA) is 108 Å². The molecule has 8 heteroatoms. The number of aliphatic hydroxyl groups is 1. The van der Waals surface area contributed by atoms with E-state index in [0.717, 1.165) is 22.4 Å². The molecule has 1 heterocycles. The van der Waals surface area contributed by atoms with Crippen molar-refractivity contribution in [2.75, 3.05) is 0 Å². The van der Waals surface area contributed by atoms with Crippen LogP contribution in [0.1, 0.15) is 49.9 Å². The van der Waals surface area contributed by atoms with Crippen LogP contribution in [0.3, 0.4) is 0 Å². The van der Waals surface area contributed by atoms with E-state index < -0.39 is 22.2 Å². The molecule has 1 saturated carbocycles. The Bertz CT molecular complexity index is 1270. The molecule has 0 unspecified atom stereocenters. The number of carbonyl (C=O) groups is 1. The molecular formula is C28H33N3O4S. The van der Waals surface area contributed by atoms with Gasteiger partial charge in [0.1, 0.15) is 0 Å². The monoisotopic (exact) mass is 507 g/mol. The Labute approximate surface area is 213 Å². The summed E-state index contributed by atoms with van der Waals surface area (Å²) in [4.78, 5) is 17.3. The number of nitrogens with zero attached hydrogens (tertiary/aromatic N) is 1. The number of hydrogen-bond acceptors (Lipinski definition) is 5. The fourth-order valence-corrected chi connectivity index (χ4v) is 6.03. The number of aryl methyl sites for hydroxylation is 1. The summed E-state index contributed by atoms with van der Waals surface area (Å²) in [6.07, 6.45) is 3.34. The van der Waals surface area contributed by atoms with Crippen LogP contribution in [0.4, 0.5) is 0 Å². The normalized spacial score (nSPS) is 19.9. The van der Waals surface area contributed by atoms with E-state index in [2.05, 4.69) is 15.0 Å². The van der Waals surface area contributed by atoms with Crippen LogP contribution in [0.5, 0.6) is 0 Å². The maximum absolute atomic E-state index is 13.0. The molecule has 2 atom stereocenters. The van der Waals surface area contributed by atoms with Gasteiger partial charge in [0.05, 0.1) is 17.0 Å². The van der Waals surface area contributed by atoms with E-state index in [9.17, 15) is 18.3 Å². The second-order valence-corrected chi connectivity index (χ2v) is 11.2.